The van der Waals surface area contributed by atoms with Crippen LogP contribution in [-0.2, 0) is 11.8 Å². The lowest BCUT2D eigenvalue weighted by Gasteiger charge is -2.36. The van der Waals surface area contributed by atoms with E-state index in [1.165, 1.54) is 25.7 Å². The van der Waals surface area contributed by atoms with Crippen molar-refractivity contribution in [2.24, 2.45) is 7.05 Å². The summed E-state index contributed by atoms with van der Waals surface area (Å²) in [7, 11) is 1.96. The van der Waals surface area contributed by atoms with E-state index < -0.39 is 0 Å². The second-order valence-corrected chi connectivity index (χ2v) is 8.13. The fourth-order valence-electron chi connectivity index (χ4n) is 4.60. The Morgan fingerprint density at radius 2 is 1.75 bits per heavy atom. The summed E-state index contributed by atoms with van der Waals surface area (Å²) < 4.78 is 1.87. The molecule has 0 aliphatic carbocycles. The van der Waals surface area contributed by atoms with Gasteiger partial charge in [-0.1, -0.05) is 12.8 Å². The molecule has 1 unspecified atom stereocenters. The molecule has 1 atom stereocenters. The number of carbonyl (C=O) groups is 1. The van der Waals surface area contributed by atoms with Crippen LogP contribution in [0.2, 0.25) is 0 Å². The van der Waals surface area contributed by atoms with Crippen LogP contribution in [0.4, 0.5) is 0 Å². The molecule has 2 fully saturated rings. The van der Waals surface area contributed by atoms with E-state index in [4.69, 9.17) is 5.10 Å². The van der Waals surface area contributed by atoms with E-state index in [-0.39, 0.29) is 11.9 Å². The van der Waals surface area contributed by atoms with Gasteiger partial charge in [0.2, 0.25) is 5.91 Å². The topological polar surface area (TPSA) is 54.3 Å². The Morgan fingerprint density at radius 3 is 2.50 bits per heavy atom. The predicted octanol–water partition coefficient (Wildman–Crippen LogP) is 3.41. The molecule has 28 heavy (non-hydrogen) atoms. The standard InChI is InChI=1S/C22H31N5O/c1-25-16-19(18-9-11-23-12-10-18)22(24-25)20-8-4-7-15-27(20)21(28)17-26-13-5-2-3-6-14-26/h9-12,16,20H,2-8,13-15,17H2,1H3. The van der Waals surface area contributed by atoms with Gasteiger partial charge in [-0.3, -0.25) is 19.4 Å². The number of nitrogens with zero attached hydrogens (tertiary/aromatic N) is 5. The molecular weight excluding hydrogens is 350 g/mol. The molecule has 2 saturated heterocycles. The van der Waals surface area contributed by atoms with E-state index in [2.05, 4.69) is 21.0 Å². The van der Waals surface area contributed by atoms with Crippen molar-refractivity contribution in [2.45, 2.75) is 51.0 Å². The Hall–Kier alpha value is -2.21. The third-order valence-corrected chi connectivity index (χ3v) is 6.05. The van der Waals surface area contributed by atoms with Gasteiger partial charge in [-0.15, -0.1) is 0 Å². The van der Waals surface area contributed by atoms with Gasteiger partial charge in [0.25, 0.3) is 0 Å². The number of aromatic nitrogens is 3. The molecule has 0 bridgehead atoms. The van der Waals surface area contributed by atoms with Crippen molar-refractivity contribution < 1.29 is 4.79 Å². The molecule has 2 aliphatic rings. The van der Waals surface area contributed by atoms with Gasteiger partial charge in [0.15, 0.2) is 0 Å². The highest BCUT2D eigenvalue weighted by Gasteiger charge is 2.32. The molecule has 6 heteroatoms. The van der Waals surface area contributed by atoms with Gasteiger partial charge in [-0.05, 0) is 62.9 Å². The summed E-state index contributed by atoms with van der Waals surface area (Å²) in [6.45, 7) is 3.49. The van der Waals surface area contributed by atoms with Crippen LogP contribution < -0.4 is 0 Å². The van der Waals surface area contributed by atoms with Crippen molar-refractivity contribution in [3.05, 3.63) is 36.4 Å². The van der Waals surface area contributed by atoms with Gasteiger partial charge in [-0.25, -0.2) is 0 Å². The van der Waals surface area contributed by atoms with Crippen LogP contribution in [0.3, 0.4) is 0 Å². The smallest absolute Gasteiger partial charge is 0.237 e. The number of aryl methyl sites for hydroxylation is 1. The van der Waals surface area contributed by atoms with Crippen LogP contribution >= 0.6 is 0 Å². The average Bonchev–Trinajstić information content (AvgIpc) is 2.93. The molecule has 0 spiro atoms. The molecule has 0 saturated carbocycles. The molecule has 0 aromatic carbocycles. The summed E-state index contributed by atoms with van der Waals surface area (Å²) in [4.78, 5) is 21.8. The number of piperidine rings is 1. The lowest BCUT2D eigenvalue weighted by Crippen LogP contribution is -2.44. The number of pyridine rings is 1. The van der Waals surface area contributed by atoms with Crippen molar-refractivity contribution in [1.29, 1.82) is 0 Å². The van der Waals surface area contributed by atoms with E-state index in [9.17, 15) is 4.79 Å². The number of hydrogen-bond acceptors (Lipinski definition) is 4. The van der Waals surface area contributed by atoms with E-state index in [0.717, 1.165) is 55.7 Å². The first-order valence-corrected chi connectivity index (χ1v) is 10.7. The van der Waals surface area contributed by atoms with E-state index in [0.29, 0.717) is 6.54 Å². The summed E-state index contributed by atoms with van der Waals surface area (Å²) in [6.07, 6.45) is 13.9. The summed E-state index contributed by atoms with van der Waals surface area (Å²) in [5.74, 6) is 0.262. The van der Waals surface area contributed by atoms with Gasteiger partial charge in [0.1, 0.15) is 0 Å². The molecule has 2 aliphatic heterocycles. The third-order valence-electron chi connectivity index (χ3n) is 6.05. The SMILES string of the molecule is Cn1cc(-c2ccncc2)c(C2CCCCN2C(=O)CN2CCCCCC2)n1. The van der Waals surface area contributed by atoms with Gasteiger partial charge in [-0.2, -0.15) is 5.10 Å². The van der Waals surface area contributed by atoms with Crippen LogP contribution in [0, 0.1) is 0 Å². The minimum atomic E-state index is 0.0672. The Labute approximate surface area is 167 Å². The summed E-state index contributed by atoms with van der Waals surface area (Å²) >= 11 is 0. The van der Waals surface area contributed by atoms with Crippen LogP contribution in [0.5, 0.6) is 0 Å². The largest absolute Gasteiger partial charge is 0.333 e. The predicted molar refractivity (Wildman–Crippen MR) is 110 cm³/mol. The fourth-order valence-corrected chi connectivity index (χ4v) is 4.60. The lowest BCUT2D eigenvalue weighted by atomic mass is 9.94. The van der Waals surface area contributed by atoms with Gasteiger partial charge in [0, 0.05) is 37.7 Å². The fraction of sp³-hybridized carbons (Fsp3) is 0.591. The van der Waals surface area contributed by atoms with Crippen molar-refractivity contribution in [2.75, 3.05) is 26.2 Å². The molecule has 2 aromatic heterocycles. The Balaban J connectivity index is 1.57. The van der Waals surface area contributed by atoms with Gasteiger partial charge >= 0.3 is 0 Å². The second kappa shape index (κ2) is 8.86. The molecule has 4 heterocycles. The first-order chi connectivity index (χ1) is 13.7. The first-order valence-electron chi connectivity index (χ1n) is 10.7. The van der Waals surface area contributed by atoms with Crippen molar-refractivity contribution >= 4 is 5.91 Å². The Morgan fingerprint density at radius 1 is 1.04 bits per heavy atom. The Bertz CT molecular complexity index is 779. The lowest BCUT2D eigenvalue weighted by molar-refractivity contribution is -0.136. The zero-order valence-electron chi connectivity index (χ0n) is 16.9. The number of hydrogen-bond donors (Lipinski definition) is 0. The maximum absolute atomic E-state index is 13.3. The quantitative estimate of drug-likeness (QED) is 0.814. The zero-order valence-corrected chi connectivity index (χ0v) is 16.9. The maximum Gasteiger partial charge on any atom is 0.237 e. The van der Waals surface area contributed by atoms with Crippen LogP contribution in [0.15, 0.2) is 30.7 Å². The highest BCUT2D eigenvalue weighted by Crippen LogP contribution is 2.36. The summed E-state index contributed by atoms with van der Waals surface area (Å²) in [6, 6.07) is 4.11. The molecule has 1 amide bonds. The number of rotatable bonds is 4. The number of likely N-dealkylation sites (tertiary alicyclic amines) is 2. The molecule has 150 valence electrons. The highest BCUT2D eigenvalue weighted by molar-refractivity contribution is 5.79. The zero-order chi connectivity index (χ0) is 19.3. The molecule has 0 N–H and O–H groups in total. The van der Waals surface area contributed by atoms with E-state index in [1.54, 1.807) is 0 Å². The monoisotopic (exact) mass is 381 g/mol. The van der Waals surface area contributed by atoms with Crippen molar-refractivity contribution in [3.8, 4) is 11.1 Å². The summed E-state index contributed by atoms with van der Waals surface area (Å²) in [5.41, 5.74) is 3.26. The highest BCUT2D eigenvalue weighted by atomic mass is 16.2. The average molecular weight is 382 g/mol. The second-order valence-electron chi connectivity index (χ2n) is 8.13. The maximum atomic E-state index is 13.3. The Kier molecular flexibility index (Phi) is 6.05. The van der Waals surface area contributed by atoms with Crippen molar-refractivity contribution in [3.63, 3.8) is 0 Å². The molecule has 2 aromatic rings. The first kappa shape index (κ1) is 19.1. The normalized spacial score (nSPS) is 21.5. The molecular formula is C22H31N5O. The van der Waals surface area contributed by atoms with Gasteiger partial charge in [0.05, 0.1) is 18.3 Å². The number of carbonyl (C=O) groups excluding carboxylic acids is 1. The van der Waals surface area contributed by atoms with E-state index in [1.807, 2.05) is 36.3 Å². The van der Waals surface area contributed by atoms with E-state index >= 15 is 0 Å². The minimum Gasteiger partial charge on any atom is -0.333 e. The van der Waals surface area contributed by atoms with Crippen LogP contribution in [-0.4, -0.2) is 56.7 Å². The third kappa shape index (κ3) is 4.27. The van der Waals surface area contributed by atoms with Crippen LogP contribution in [0.1, 0.15) is 56.7 Å². The van der Waals surface area contributed by atoms with Crippen LogP contribution in [0.25, 0.3) is 11.1 Å². The molecule has 6 nitrogen and oxygen atoms in total. The minimum absolute atomic E-state index is 0.0672. The molecule has 0 radical (unpaired) electrons. The van der Waals surface area contributed by atoms with Crippen molar-refractivity contribution in [1.82, 2.24) is 24.6 Å². The van der Waals surface area contributed by atoms with Gasteiger partial charge < -0.3 is 4.90 Å². The summed E-state index contributed by atoms with van der Waals surface area (Å²) in [5, 5.41) is 4.79. The molecule has 4 rings (SSSR count). The number of amides is 1.